The Bertz CT molecular complexity index is 730. The molecule has 4 nitrogen and oxygen atoms in total. The number of aldehydes is 1. The Morgan fingerprint density at radius 2 is 2.04 bits per heavy atom. The van der Waals surface area contributed by atoms with Crippen LogP contribution in [-0.2, 0) is 9.59 Å². The van der Waals surface area contributed by atoms with Gasteiger partial charge in [0.05, 0.1) is 6.10 Å². The third-order valence-electron chi connectivity index (χ3n) is 7.70. The fourth-order valence-electron chi connectivity index (χ4n) is 6.63. The van der Waals surface area contributed by atoms with Crippen LogP contribution in [0.4, 0.5) is 0 Å². The Kier molecular flexibility index (Phi) is 3.63. The van der Waals surface area contributed by atoms with Crippen molar-refractivity contribution in [2.45, 2.75) is 52.1 Å². The molecule has 0 amide bonds. The van der Waals surface area contributed by atoms with Crippen molar-refractivity contribution in [3.05, 3.63) is 35.1 Å². The third kappa shape index (κ3) is 2.16. The fraction of sp³-hybridized carbons (Fsp3) is 0.619. The molecule has 134 valence electrons. The average molecular weight is 342 g/mol. The molecule has 0 radical (unpaired) electrons. The second-order valence-corrected chi connectivity index (χ2v) is 8.73. The maximum atomic E-state index is 11.8. The average Bonchev–Trinajstić information content (AvgIpc) is 2.91. The lowest BCUT2D eigenvalue weighted by Gasteiger charge is -2.58. The topological polar surface area (TPSA) is 74.6 Å². The molecule has 0 aliphatic heterocycles. The van der Waals surface area contributed by atoms with Crippen LogP contribution < -0.4 is 0 Å². The molecule has 4 heteroatoms. The molecule has 3 saturated carbocycles. The highest BCUT2D eigenvalue weighted by Gasteiger charge is 2.60. The van der Waals surface area contributed by atoms with Crippen molar-refractivity contribution in [1.29, 1.82) is 0 Å². The molecule has 0 aromatic heterocycles. The van der Waals surface area contributed by atoms with Gasteiger partial charge in [0.2, 0.25) is 0 Å². The van der Waals surface area contributed by atoms with Crippen LogP contribution in [0.1, 0.15) is 46.0 Å². The minimum absolute atomic E-state index is 0.0445. The Labute approximate surface area is 148 Å². The van der Waals surface area contributed by atoms with E-state index in [0.29, 0.717) is 24.5 Å². The van der Waals surface area contributed by atoms with E-state index in [2.05, 4.69) is 13.8 Å². The Morgan fingerprint density at radius 1 is 1.28 bits per heavy atom. The molecule has 0 aromatic rings. The molecule has 4 rings (SSSR count). The molecule has 2 N–H and O–H groups in total. The Hall–Kier alpha value is -1.68. The SMILES string of the molecule is C[C@]12C=CC(=O)C=C1CC[C@@H]1[C@@H]2[C@@H](O)C[C@]2(C)C(=C(O)C=O)CC[C@@H]12. The van der Waals surface area contributed by atoms with Gasteiger partial charge in [0.15, 0.2) is 17.8 Å². The molecular weight excluding hydrogens is 316 g/mol. The molecule has 0 saturated heterocycles. The molecule has 0 aromatic carbocycles. The van der Waals surface area contributed by atoms with Gasteiger partial charge < -0.3 is 10.2 Å². The van der Waals surface area contributed by atoms with Gasteiger partial charge in [-0.05, 0) is 67.1 Å². The lowest BCUT2D eigenvalue weighted by molar-refractivity contribution is -0.112. The van der Waals surface area contributed by atoms with E-state index >= 15 is 0 Å². The minimum Gasteiger partial charge on any atom is -0.505 e. The number of aliphatic hydroxyl groups excluding tert-OH is 2. The Morgan fingerprint density at radius 3 is 2.76 bits per heavy atom. The number of carbonyl (C=O) groups excluding carboxylic acids is 2. The van der Waals surface area contributed by atoms with E-state index in [1.54, 1.807) is 12.2 Å². The van der Waals surface area contributed by atoms with Crippen LogP contribution >= 0.6 is 0 Å². The summed E-state index contributed by atoms with van der Waals surface area (Å²) >= 11 is 0. The van der Waals surface area contributed by atoms with Gasteiger partial charge in [-0.15, -0.1) is 0 Å². The highest BCUT2D eigenvalue weighted by atomic mass is 16.3. The third-order valence-corrected chi connectivity index (χ3v) is 7.70. The summed E-state index contributed by atoms with van der Waals surface area (Å²) in [6.45, 7) is 4.26. The summed E-state index contributed by atoms with van der Waals surface area (Å²) in [6.07, 6.45) is 9.53. The second-order valence-electron chi connectivity index (χ2n) is 8.73. The summed E-state index contributed by atoms with van der Waals surface area (Å²) in [4.78, 5) is 22.9. The monoisotopic (exact) mass is 342 g/mol. The molecule has 0 heterocycles. The summed E-state index contributed by atoms with van der Waals surface area (Å²) in [7, 11) is 0. The van der Waals surface area contributed by atoms with Crippen molar-refractivity contribution >= 4 is 12.1 Å². The number of aliphatic hydroxyl groups is 2. The van der Waals surface area contributed by atoms with Crippen LogP contribution in [0.5, 0.6) is 0 Å². The van der Waals surface area contributed by atoms with Gasteiger partial charge in [-0.3, -0.25) is 9.59 Å². The van der Waals surface area contributed by atoms with Gasteiger partial charge in [0.25, 0.3) is 0 Å². The zero-order chi connectivity index (χ0) is 18.0. The van der Waals surface area contributed by atoms with E-state index in [1.165, 1.54) is 0 Å². The molecule has 4 aliphatic rings. The van der Waals surface area contributed by atoms with E-state index < -0.39 is 6.10 Å². The van der Waals surface area contributed by atoms with Crippen molar-refractivity contribution in [3.8, 4) is 0 Å². The minimum atomic E-state index is -0.509. The van der Waals surface area contributed by atoms with Crippen LogP contribution in [0.3, 0.4) is 0 Å². The molecule has 3 fully saturated rings. The van der Waals surface area contributed by atoms with Gasteiger partial charge in [0.1, 0.15) is 0 Å². The highest BCUT2D eigenvalue weighted by molar-refractivity contribution is 6.01. The van der Waals surface area contributed by atoms with Gasteiger partial charge in [-0.25, -0.2) is 0 Å². The van der Waals surface area contributed by atoms with Crippen molar-refractivity contribution in [2.24, 2.45) is 28.6 Å². The standard InChI is InChI=1S/C21H26O4/c1-20-8-7-13(23)9-12(20)3-4-14-15-5-6-16(18(25)11-22)21(15,2)10-17(24)19(14)20/h7-9,11,14-15,17,19,24-25H,3-6,10H2,1-2H3/t14-,15-,17-,19+,20-,21-/m0/s1. The van der Waals surface area contributed by atoms with Crippen molar-refractivity contribution in [3.63, 3.8) is 0 Å². The highest BCUT2D eigenvalue weighted by Crippen LogP contribution is 2.66. The first-order valence-electron chi connectivity index (χ1n) is 9.31. The first-order valence-corrected chi connectivity index (χ1v) is 9.31. The smallest absolute Gasteiger partial charge is 0.184 e. The van der Waals surface area contributed by atoms with Crippen molar-refractivity contribution in [1.82, 2.24) is 0 Å². The summed E-state index contributed by atoms with van der Waals surface area (Å²) in [5, 5.41) is 21.2. The van der Waals surface area contributed by atoms with E-state index in [-0.39, 0.29) is 28.3 Å². The number of hydrogen-bond donors (Lipinski definition) is 2. The van der Waals surface area contributed by atoms with Gasteiger partial charge in [-0.1, -0.05) is 25.5 Å². The van der Waals surface area contributed by atoms with Crippen LogP contribution in [0.15, 0.2) is 35.1 Å². The number of fused-ring (bicyclic) bond motifs is 5. The van der Waals surface area contributed by atoms with E-state index in [0.717, 1.165) is 36.8 Å². The lowest BCUT2D eigenvalue weighted by atomic mass is 9.47. The number of hydrogen-bond acceptors (Lipinski definition) is 4. The summed E-state index contributed by atoms with van der Waals surface area (Å²) in [5.41, 5.74) is 1.40. The number of ketones is 1. The molecule has 0 unspecified atom stereocenters. The number of rotatable bonds is 1. The van der Waals surface area contributed by atoms with Gasteiger partial charge in [-0.2, -0.15) is 0 Å². The predicted octanol–water partition coefficient (Wildman–Crippen LogP) is 3.28. The first kappa shape index (κ1) is 16.8. The normalized spacial score (nSPS) is 47.5. The van der Waals surface area contributed by atoms with E-state index in [4.69, 9.17) is 0 Å². The lowest BCUT2D eigenvalue weighted by Crippen LogP contribution is -2.55. The summed E-state index contributed by atoms with van der Waals surface area (Å²) in [5.74, 6) is 0.699. The van der Waals surface area contributed by atoms with Crippen molar-refractivity contribution < 1.29 is 19.8 Å². The van der Waals surface area contributed by atoms with Crippen LogP contribution in [0, 0.1) is 28.6 Å². The molecule has 0 bridgehead atoms. The van der Waals surface area contributed by atoms with Crippen LogP contribution in [-0.4, -0.2) is 28.4 Å². The molecular formula is C21H26O4. The first-order chi connectivity index (χ1) is 11.8. The second kappa shape index (κ2) is 5.41. The van der Waals surface area contributed by atoms with Crippen LogP contribution in [0.2, 0.25) is 0 Å². The Balaban J connectivity index is 1.76. The maximum Gasteiger partial charge on any atom is 0.184 e. The molecule has 0 spiro atoms. The van der Waals surface area contributed by atoms with Crippen LogP contribution in [0.25, 0.3) is 0 Å². The molecule has 25 heavy (non-hydrogen) atoms. The summed E-state index contributed by atoms with van der Waals surface area (Å²) < 4.78 is 0. The largest absolute Gasteiger partial charge is 0.505 e. The molecule has 6 atom stereocenters. The fourth-order valence-corrected chi connectivity index (χ4v) is 6.63. The maximum absolute atomic E-state index is 11.8. The molecule has 4 aliphatic carbocycles. The van der Waals surface area contributed by atoms with Gasteiger partial charge >= 0.3 is 0 Å². The zero-order valence-corrected chi connectivity index (χ0v) is 14.9. The van der Waals surface area contributed by atoms with Gasteiger partial charge in [0, 0.05) is 11.3 Å². The zero-order valence-electron chi connectivity index (χ0n) is 14.9. The predicted molar refractivity (Wildman–Crippen MR) is 93.7 cm³/mol. The quantitative estimate of drug-likeness (QED) is 0.436. The van der Waals surface area contributed by atoms with Crippen molar-refractivity contribution in [2.75, 3.05) is 0 Å². The summed E-state index contributed by atoms with van der Waals surface area (Å²) in [6, 6.07) is 0. The van der Waals surface area contributed by atoms with E-state index in [9.17, 15) is 19.8 Å². The number of allylic oxidation sites excluding steroid dienone is 6. The number of carbonyl (C=O) groups is 2. The van der Waals surface area contributed by atoms with E-state index in [1.807, 2.05) is 6.08 Å².